The third kappa shape index (κ3) is 5.91. The van der Waals surface area contributed by atoms with Crippen LogP contribution in [0.2, 0.25) is 0 Å². The van der Waals surface area contributed by atoms with Crippen LogP contribution in [-0.4, -0.2) is 12.5 Å². The maximum Gasteiger partial charge on any atom is 0.234 e. The summed E-state index contributed by atoms with van der Waals surface area (Å²) in [4.78, 5) is 14.1. The van der Waals surface area contributed by atoms with Gasteiger partial charge in [-0.15, -0.1) is 11.3 Å². The number of thiophene rings is 1. The van der Waals surface area contributed by atoms with Crippen LogP contribution in [0.15, 0.2) is 109 Å². The Morgan fingerprint density at radius 2 is 1.35 bits per heavy atom. The van der Waals surface area contributed by atoms with Crippen molar-refractivity contribution >= 4 is 17.2 Å². The first-order valence-electron chi connectivity index (χ1n) is 10.5. The zero-order chi connectivity index (χ0) is 21.3. The molecular formula is C27H26N2OS. The van der Waals surface area contributed by atoms with Crippen molar-refractivity contribution in [1.29, 1.82) is 0 Å². The fourth-order valence-electron chi connectivity index (χ4n) is 3.69. The minimum Gasteiger partial charge on any atom is -0.343 e. The predicted octanol–water partition coefficient (Wildman–Crippen LogP) is 5.53. The topological polar surface area (TPSA) is 41.1 Å². The van der Waals surface area contributed by atoms with Crippen LogP contribution in [-0.2, 0) is 11.2 Å². The molecule has 2 atom stereocenters. The SMILES string of the molecule is O=C(CN[C@@H](Cc1ccccc1)c1ccccc1)N[C@@H](c1ccccc1)c1cccs1. The Morgan fingerprint density at radius 1 is 0.742 bits per heavy atom. The van der Waals surface area contributed by atoms with E-state index in [1.165, 1.54) is 11.1 Å². The zero-order valence-electron chi connectivity index (χ0n) is 17.3. The van der Waals surface area contributed by atoms with Crippen LogP contribution >= 0.6 is 11.3 Å². The molecule has 0 radical (unpaired) electrons. The highest BCUT2D eigenvalue weighted by Crippen LogP contribution is 2.26. The minimum absolute atomic E-state index is 0.0174. The largest absolute Gasteiger partial charge is 0.343 e. The van der Waals surface area contributed by atoms with Crippen LogP contribution in [0.4, 0.5) is 0 Å². The summed E-state index contributed by atoms with van der Waals surface area (Å²) in [5.74, 6) is -0.0174. The summed E-state index contributed by atoms with van der Waals surface area (Å²) in [6, 6.07) is 34.8. The van der Waals surface area contributed by atoms with Crippen LogP contribution in [0.25, 0.3) is 0 Å². The minimum atomic E-state index is -0.139. The summed E-state index contributed by atoms with van der Waals surface area (Å²) >= 11 is 1.66. The van der Waals surface area contributed by atoms with Gasteiger partial charge in [0.2, 0.25) is 5.91 Å². The Labute approximate surface area is 187 Å². The summed E-state index contributed by atoms with van der Waals surface area (Å²) < 4.78 is 0. The second-order valence-electron chi connectivity index (χ2n) is 7.46. The Bertz CT molecular complexity index is 1050. The third-order valence-corrected chi connectivity index (χ3v) is 6.20. The molecule has 156 valence electrons. The molecule has 1 aromatic heterocycles. The molecule has 3 nitrogen and oxygen atoms in total. The van der Waals surface area contributed by atoms with Crippen LogP contribution in [0, 0.1) is 0 Å². The molecule has 0 bridgehead atoms. The quantitative estimate of drug-likeness (QED) is 0.370. The molecule has 4 heteroatoms. The third-order valence-electron chi connectivity index (χ3n) is 5.26. The van der Waals surface area contributed by atoms with Crippen LogP contribution in [0.1, 0.15) is 33.7 Å². The predicted molar refractivity (Wildman–Crippen MR) is 128 cm³/mol. The van der Waals surface area contributed by atoms with Crippen LogP contribution in [0.3, 0.4) is 0 Å². The summed E-state index contributed by atoms with van der Waals surface area (Å²) in [5, 5.41) is 8.74. The van der Waals surface area contributed by atoms with Crippen molar-refractivity contribution in [3.63, 3.8) is 0 Å². The van der Waals surface area contributed by atoms with E-state index in [-0.39, 0.29) is 24.5 Å². The second-order valence-corrected chi connectivity index (χ2v) is 8.44. The Kier molecular flexibility index (Phi) is 7.27. The van der Waals surface area contributed by atoms with E-state index in [4.69, 9.17) is 0 Å². The van der Waals surface area contributed by atoms with Gasteiger partial charge in [0.15, 0.2) is 0 Å². The van der Waals surface area contributed by atoms with E-state index in [0.29, 0.717) is 0 Å². The summed E-state index contributed by atoms with van der Waals surface area (Å²) in [7, 11) is 0. The average molecular weight is 427 g/mol. The second kappa shape index (κ2) is 10.7. The number of amides is 1. The zero-order valence-corrected chi connectivity index (χ0v) is 18.1. The monoisotopic (exact) mass is 426 g/mol. The van der Waals surface area contributed by atoms with Gasteiger partial charge in [0.25, 0.3) is 0 Å². The number of carbonyl (C=O) groups is 1. The van der Waals surface area contributed by atoms with E-state index in [1.807, 2.05) is 53.9 Å². The van der Waals surface area contributed by atoms with E-state index in [9.17, 15) is 4.79 Å². The van der Waals surface area contributed by atoms with Crippen LogP contribution in [0.5, 0.6) is 0 Å². The molecule has 3 aromatic carbocycles. The molecule has 0 aliphatic carbocycles. The van der Waals surface area contributed by atoms with Crippen LogP contribution < -0.4 is 10.6 Å². The number of nitrogens with one attached hydrogen (secondary N) is 2. The summed E-state index contributed by atoms with van der Waals surface area (Å²) in [5.41, 5.74) is 3.50. The fourth-order valence-corrected chi connectivity index (χ4v) is 4.49. The maximum absolute atomic E-state index is 12.9. The lowest BCUT2D eigenvalue weighted by atomic mass is 9.99. The van der Waals surface area contributed by atoms with E-state index < -0.39 is 0 Å². The molecule has 4 aromatic rings. The smallest absolute Gasteiger partial charge is 0.234 e. The molecule has 0 fully saturated rings. The fraction of sp³-hybridized carbons (Fsp3) is 0.148. The molecule has 0 aliphatic heterocycles. The number of rotatable bonds is 9. The summed E-state index contributed by atoms with van der Waals surface area (Å²) in [6.45, 7) is 0.251. The van der Waals surface area contributed by atoms with Gasteiger partial charge in [0.05, 0.1) is 12.6 Å². The van der Waals surface area contributed by atoms with Gasteiger partial charge >= 0.3 is 0 Å². The lowest BCUT2D eigenvalue weighted by Gasteiger charge is -2.22. The Morgan fingerprint density at radius 3 is 1.97 bits per heavy atom. The molecule has 2 N–H and O–H groups in total. The Hall–Kier alpha value is -3.21. The van der Waals surface area contributed by atoms with Gasteiger partial charge in [0.1, 0.15) is 0 Å². The standard InChI is InChI=1S/C27H26N2OS/c30-26(29-27(25-17-10-18-31-25)23-15-8-3-9-16-23)20-28-24(22-13-6-2-7-14-22)19-21-11-4-1-5-12-21/h1-18,24,27-28H,19-20H2,(H,29,30)/t24-,27-/m0/s1. The van der Waals surface area contributed by atoms with Crippen molar-refractivity contribution in [2.45, 2.75) is 18.5 Å². The first kappa shape index (κ1) is 21.0. The number of hydrogen-bond acceptors (Lipinski definition) is 3. The average Bonchev–Trinajstić information content (AvgIpc) is 3.37. The van der Waals surface area contributed by atoms with Gasteiger partial charge in [0, 0.05) is 10.9 Å². The van der Waals surface area contributed by atoms with Crippen molar-refractivity contribution in [2.75, 3.05) is 6.54 Å². The normalized spacial score (nSPS) is 12.8. The molecule has 0 saturated heterocycles. The molecule has 0 aliphatic rings. The van der Waals surface area contributed by atoms with E-state index >= 15 is 0 Å². The van der Waals surface area contributed by atoms with E-state index in [2.05, 4.69) is 65.2 Å². The van der Waals surface area contributed by atoms with Gasteiger partial charge in [-0.3, -0.25) is 4.79 Å². The van der Waals surface area contributed by atoms with E-state index in [1.54, 1.807) is 11.3 Å². The van der Waals surface area contributed by atoms with Crippen molar-refractivity contribution in [2.24, 2.45) is 0 Å². The molecule has 1 amide bonds. The van der Waals surface area contributed by atoms with Gasteiger partial charge < -0.3 is 10.6 Å². The van der Waals surface area contributed by atoms with Crippen molar-refractivity contribution < 1.29 is 4.79 Å². The number of hydrogen-bond donors (Lipinski definition) is 2. The van der Waals surface area contributed by atoms with Gasteiger partial charge in [-0.1, -0.05) is 97.1 Å². The molecular weight excluding hydrogens is 400 g/mol. The molecule has 0 spiro atoms. The highest BCUT2D eigenvalue weighted by atomic mass is 32.1. The maximum atomic E-state index is 12.9. The summed E-state index contributed by atoms with van der Waals surface area (Å²) in [6.07, 6.45) is 0.825. The van der Waals surface area contributed by atoms with E-state index in [0.717, 1.165) is 16.9 Å². The van der Waals surface area contributed by atoms with Gasteiger partial charge in [-0.2, -0.15) is 0 Å². The highest BCUT2D eigenvalue weighted by molar-refractivity contribution is 7.10. The van der Waals surface area contributed by atoms with Crippen molar-refractivity contribution in [1.82, 2.24) is 10.6 Å². The molecule has 0 saturated carbocycles. The molecule has 31 heavy (non-hydrogen) atoms. The lowest BCUT2D eigenvalue weighted by Crippen LogP contribution is -2.38. The van der Waals surface area contributed by atoms with Gasteiger partial charge in [-0.05, 0) is 34.6 Å². The number of carbonyl (C=O) groups excluding carboxylic acids is 1. The number of benzene rings is 3. The first-order chi connectivity index (χ1) is 15.3. The first-order valence-corrected chi connectivity index (χ1v) is 11.4. The molecule has 4 rings (SSSR count). The van der Waals surface area contributed by atoms with Crippen molar-refractivity contribution in [3.8, 4) is 0 Å². The van der Waals surface area contributed by atoms with Crippen molar-refractivity contribution in [3.05, 3.63) is 130 Å². The molecule has 1 heterocycles. The van der Waals surface area contributed by atoms with Gasteiger partial charge in [-0.25, -0.2) is 0 Å². The molecule has 0 unspecified atom stereocenters. The highest BCUT2D eigenvalue weighted by Gasteiger charge is 2.19. The Balaban J connectivity index is 1.45. The lowest BCUT2D eigenvalue weighted by molar-refractivity contribution is -0.120.